The molecule has 0 spiro atoms. The highest BCUT2D eigenvalue weighted by atomic mass is 35.6. The summed E-state index contributed by atoms with van der Waals surface area (Å²) in [6.45, 7) is 2.15. The van der Waals surface area contributed by atoms with E-state index in [0.717, 1.165) is 19.3 Å². The molecule has 4 heteroatoms. The van der Waals surface area contributed by atoms with Gasteiger partial charge in [-0.1, -0.05) is 80.3 Å². The molecule has 1 unspecified atom stereocenters. The van der Waals surface area contributed by atoms with Crippen LogP contribution in [0, 0.1) is 5.92 Å². The highest BCUT2D eigenvalue weighted by Crippen LogP contribution is 2.37. The van der Waals surface area contributed by atoms with Crippen LogP contribution in [0.1, 0.15) is 51.9 Å². The molecule has 0 radical (unpaired) electrons. The van der Waals surface area contributed by atoms with E-state index in [0.29, 0.717) is 0 Å². The van der Waals surface area contributed by atoms with Gasteiger partial charge in [-0.15, -0.1) is 0 Å². The molecule has 0 saturated heterocycles. The third kappa shape index (κ3) is 8.62. The Morgan fingerprint density at radius 3 is 2.00 bits per heavy atom. The predicted molar refractivity (Wildman–Crippen MR) is 68.9 cm³/mol. The molecule has 15 heavy (non-hydrogen) atoms. The van der Waals surface area contributed by atoms with E-state index in [1.807, 2.05) is 0 Å². The Kier molecular flexibility index (Phi) is 9.42. The molecule has 0 rings (SSSR count). The second-order valence-corrected chi connectivity index (χ2v) is 6.35. The summed E-state index contributed by atoms with van der Waals surface area (Å²) in [6, 6.07) is 0. The van der Waals surface area contributed by atoms with Crippen molar-refractivity contribution in [2.45, 2.75) is 55.7 Å². The lowest BCUT2D eigenvalue weighted by Crippen LogP contribution is -2.22. The maximum absolute atomic E-state index is 9.05. The Hall–Kier alpha value is 0.830. The smallest absolute Gasteiger partial charge is 0.195 e. The molecule has 0 aromatic carbocycles. The van der Waals surface area contributed by atoms with Crippen molar-refractivity contribution in [1.82, 2.24) is 0 Å². The van der Waals surface area contributed by atoms with E-state index in [1.54, 1.807) is 0 Å². The Morgan fingerprint density at radius 2 is 1.53 bits per heavy atom. The van der Waals surface area contributed by atoms with Crippen molar-refractivity contribution in [2.75, 3.05) is 6.61 Å². The third-order valence-electron chi connectivity index (χ3n) is 2.59. The zero-order valence-electron chi connectivity index (χ0n) is 9.32. The van der Waals surface area contributed by atoms with Crippen molar-refractivity contribution >= 4 is 34.8 Å². The van der Waals surface area contributed by atoms with E-state index in [4.69, 9.17) is 39.9 Å². The molecule has 0 fully saturated rings. The number of halogens is 3. The van der Waals surface area contributed by atoms with E-state index in [9.17, 15) is 0 Å². The van der Waals surface area contributed by atoms with Gasteiger partial charge in [0.05, 0.1) is 0 Å². The van der Waals surface area contributed by atoms with E-state index >= 15 is 0 Å². The first-order valence-corrected chi connectivity index (χ1v) is 6.83. The monoisotopic (exact) mass is 274 g/mol. The fourth-order valence-electron chi connectivity index (χ4n) is 1.53. The van der Waals surface area contributed by atoms with Crippen LogP contribution in [0.4, 0.5) is 0 Å². The average molecular weight is 276 g/mol. The highest BCUT2D eigenvalue weighted by Gasteiger charge is 2.31. The number of rotatable bonds is 8. The van der Waals surface area contributed by atoms with Gasteiger partial charge in [0.2, 0.25) is 0 Å². The summed E-state index contributed by atoms with van der Waals surface area (Å²) in [5.74, 6) is -0.228. The molecule has 0 amide bonds. The fraction of sp³-hybridized carbons (Fsp3) is 1.00. The van der Waals surface area contributed by atoms with Gasteiger partial charge in [-0.25, -0.2) is 0 Å². The summed E-state index contributed by atoms with van der Waals surface area (Å²) in [6.07, 6.45) is 8.07. The van der Waals surface area contributed by atoms with Crippen molar-refractivity contribution in [1.29, 1.82) is 0 Å². The minimum Gasteiger partial charge on any atom is -0.396 e. The van der Waals surface area contributed by atoms with Crippen LogP contribution in [0.25, 0.3) is 0 Å². The van der Waals surface area contributed by atoms with Gasteiger partial charge in [-0.05, 0) is 6.42 Å². The molecule has 1 atom stereocenters. The number of aliphatic hydroxyl groups is 1. The maximum atomic E-state index is 9.05. The first-order valence-electron chi connectivity index (χ1n) is 5.70. The van der Waals surface area contributed by atoms with Gasteiger partial charge in [0, 0.05) is 12.5 Å². The van der Waals surface area contributed by atoms with Crippen molar-refractivity contribution in [3.8, 4) is 0 Å². The van der Waals surface area contributed by atoms with Crippen molar-refractivity contribution < 1.29 is 5.11 Å². The molecule has 0 aliphatic carbocycles. The molecule has 0 aromatic heterocycles. The molecule has 0 saturated carbocycles. The van der Waals surface area contributed by atoms with Gasteiger partial charge in [-0.3, -0.25) is 0 Å². The summed E-state index contributed by atoms with van der Waals surface area (Å²) in [7, 11) is 0. The SMILES string of the molecule is CCCCCCCCC(CO)C(Cl)(Cl)Cl. The molecule has 0 heterocycles. The second kappa shape index (κ2) is 8.92. The van der Waals surface area contributed by atoms with Crippen LogP contribution in [0.5, 0.6) is 0 Å². The van der Waals surface area contributed by atoms with Crippen LogP contribution >= 0.6 is 34.8 Å². The molecule has 0 aliphatic rings. The molecular weight excluding hydrogens is 254 g/mol. The molecule has 92 valence electrons. The first kappa shape index (κ1) is 15.8. The van der Waals surface area contributed by atoms with Crippen molar-refractivity contribution in [3.63, 3.8) is 0 Å². The molecule has 1 nitrogen and oxygen atoms in total. The zero-order valence-corrected chi connectivity index (χ0v) is 11.6. The number of aliphatic hydroxyl groups excluding tert-OH is 1. The lowest BCUT2D eigenvalue weighted by Gasteiger charge is -2.21. The van der Waals surface area contributed by atoms with Crippen molar-refractivity contribution in [3.05, 3.63) is 0 Å². The van der Waals surface area contributed by atoms with Gasteiger partial charge in [0.1, 0.15) is 0 Å². The van der Waals surface area contributed by atoms with Gasteiger partial charge >= 0.3 is 0 Å². The maximum Gasteiger partial charge on any atom is 0.195 e. The van der Waals surface area contributed by atoms with Crippen LogP contribution < -0.4 is 0 Å². The van der Waals surface area contributed by atoms with Gasteiger partial charge in [0.25, 0.3) is 0 Å². The lowest BCUT2D eigenvalue weighted by molar-refractivity contribution is 0.217. The summed E-state index contributed by atoms with van der Waals surface area (Å²) in [5.41, 5.74) is 0. The average Bonchev–Trinajstić information content (AvgIpc) is 2.15. The van der Waals surface area contributed by atoms with E-state index < -0.39 is 3.79 Å². The summed E-state index contributed by atoms with van der Waals surface area (Å²) in [4.78, 5) is 0. The normalized spacial score (nSPS) is 14.2. The third-order valence-corrected chi connectivity index (χ3v) is 3.52. The molecule has 0 aromatic rings. The zero-order chi connectivity index (χ0) is 11.7. The largest absolute Gasteiger partial charge is 0.396 e. The molecule has 0 aliphatic heterocycles. The second-order valence-electron chi connectivity index (χ2n) is 3.98. The Balaban J connectivity index is 3.48. The highest BCUT2D eigenvalue weighted by molar-refractivity contribution is 6.67. The molecular formula is C11H21Cl3O. The molecule has 0 bridgehead atoms. The Labute approximate surface area is 108 Å². The van der Waals surface area contributed by atoms with Crippen LogP contribution in [0.2, 0.25) is 0 Å². The van der Waals surface area contributed by atoms with Crippen molar-refractivity contribution in [2.24, 2.45) is 5.92 Å². The lowest BCUT2D eigenvalue weighted by atomic mass is 10.0. The standard InChI is InChI=1S/C11H21Cl3O/c1-2-3-4-5-6-7-8-10(9-15)11(12,13)14/h10,15H,2-9H2,1H3. The minimum atomic E-state index is -1.32. The first-order chi connectivity index (χ1) is 7.02. The topological polar surface area (TPSA) is 20.2 Å². The number of unbranched alkanes of at least 4 members (excludes halogenated alkanes) is 5. The fourth-order valence-corrected chi connectivity index (χ4v) is 2.06. The van der Waals surface area contributed by atoms with Gasteiger partial charge < -0.3 is 5.11 Å². The van der Waals surface area contributed by atoms with Gasteiger partial charge in [-0.2, -0.15) is 0 Å². The van der Waals surface area contributed by atoms with E-state index in [-0.39, 0.29) is 12.5 Å². The van der Waals surface area contributed by atoms with Crippen LogP contribution in [0.3, 0.4) is 0 Å². The Morgan fingerprint density at radius 1 is 1.00 bits per heavy atom. The van der Waals surface area contributed by atoms with E-state index in [2.05, 4.69) is 6.92 Å². The van der Waals surface area contributed by atoms with Gasteiger partial charge in [0.15, 0.2) is 3.79 Å². The van der Waals surface area contributed by atoms with Crippen LogP contribution in [-0.2, 0) is 0 Å². The van der Waals surface area contributed by atoms with E-state index in [1.165, 1.54) is 25.7 Å². The molecule has 1 N–H and O–H groups in total. The Bertz CT molecular complexity index is 145. The number of alkyl halides is 3. The summed E-state index contributed by atoms with van der Waals surface area (Å²) >= 11 is 17.2. The summed E-state index contributed by atoms with van der Waals surface area (Å²) in [5, 5.41) is 9.05. The number of hydrogen-bond acceptors (Lipinski definition) is 1. The van der Waals surface area contributed by atoms with Crippen LogP contribution in [0.15, 0.2) is 0 Å². The predicted octanol–water partition coefficient (Wildman–Crippen LogP) is 4.72. The van der Waals surface area contributed by atoms with Crippen LogP contribution in [-0.4, -0.2) is 15.5 Å². The minimum absolute atomic E-state index is 0.0501. The quantitative estimate of drug-likeness (QED) is 0.502. The number of hydrogen-bond donors (Lipinski definition) is 1. The summed E-state index contributed by atoms with van der Waals surface area (Å²) < 4.78 is -1.32.